The van der Waals surface area contributed by atoms with Crippen molar-refractivity contribution >= 4 is 23.2 Å². The van der Waals surface area contributed by atoms with Crippen LogP contribution in [0, 0.1) is 11.9 Å². The van der Waals surface area contributed by atoms with Gasteiger partial charge in [-0.05, 0) is 35.7 Å². The molecule has 0 aliphatic rings. The lowest BCUT2D eigenvalue weighted by molar-refractivity contribution is 0.627. The lowest BCUT2D eigenvalue weighted by atomic mass is 10.1. The summed E-state index contributed by atoms with van der Waals surface area (Å²) in [7, 11) is 0. The standard InChI is InChI=1S/C13H8Cl2F/c14-11-4-3-10(13(15)8-11)7-9-1-5-12(16)6-2-9/h1-6H,7H2. The Morgan fingerprint density at radius 1 is 1.00 bits per heavy atom. The van der Waals surface area contributed by atoms with Crippen LogP contribution in [-0.4, -0.2) is 0 Å². The molecule has 0 spiro atoms. The Hall–Kier alpha value is -1.05. The number of benzene rings is 2. The molecule has 16 heavy (non-hydrogen) atoms. The summed E-state index contributed by atoms with van der Waals surface area (Å²) >= 11 is 11.7. The first kappa shape index (κ1) is 11.4. The van der Waals surface area contributed by atoms with E-state index in [0.29, 0.717) is 16.5 Å². The van der Waals surface area contributed by atoms with Gasteiger partial charge in [-0.25, -0.2) is 4.39 Å². The molecule has 0 aromatic heterocycles. The molecule has 0 saturated heterocycles. The van der Waals surface area contributed by atoms with Gasteiger partial charge in [0.2, 0.25) is 0 Å². The van der Waals surface area contributed by atoms with Crippen LogP contribution in [0.4, 0.5) is 4.39 Å². The van der Waals surface area contributed by atoms with E-state index < -0.39 is 0 Å². The molecule has 0 amide bonds. The molecule has 0 N–H and O–H groups in total. The van der Waals surface area contributed by atoms with Crippen molar-refractivity contribution < 1.29 is 4.39 Å². The average Bonchev–Trinajstić information content (AvgIpc) is 2.25. The van der Waals surface area contributed by atoms with E-state index in [1.165, 1.54) is 12.1 Å². The Labute approximate surface area is 104 Å². The number of hydrogen-bond donors (Lipinski definition) is 0. The maximum Gasteiger partial charge on any atom is 0.123 e. The first-order valence-electron chi connectivity index (χ1n) is 4.76. The van der Waals surface area contributed by atoms with Gasteiger partial charge in [0.15, 0.2) is 0 Å². The Morgan fingerprint density at radius 3 is 2.31 bits per heavy atom. The largest absolute Gasteiger partial charge is 0.207 e. The Balaban J connectivity index is 2.23. The first-order valence-corrected chi connectivity index (χ1v) is 5.51. The van der Waals surface area contributed by atoms with Gasteiger partial charge in [-0.3, -0.25) is 0 Å². The van der Waals surface area contributed by atoms with Crippen LogP contribution in [0.2, 0.25) is 10.0 Å². The monoisotopic (exact) mass is 253 g/mol. The summed E-state index contributed by atoms with van der Waals surface area (Å²) in [5, 5.41) is 1.00. The molecule has 0 unspecified atom stereocenters. The van der Waals surface area contributed by atoms with E-state index in [4.69, 9.17) is 23.2 Å². The summed E-state index contributed by atoms with van der Waals surface area (Å²) in [4.78, 5) is 0. The van der Waals surface area contributed by atoms with Gasteiger partial charge in [0.05, 0.1) is 10.0 Å². The summed E-state index contributed by atoms with van der Waals surface area (Å²) in [6, 6.07) is 12.8. The zero-order valence-corrected chi connectivity index (χ0v) is 9.82. The van der Waals surface area contributed by atoms with Crippen LogP contribution in [-0.2, 0) is 6.42 Å². The van der Waals surface area contributed by atoms with Crippen molar-refractivity contribution in [2.24, 2.45) is 0 Å². The van der Waals surface area contributed by atoms with E-state index in [0.717, 1.165) is 11.1 Å². The summed E-state index contributed by atoms with van der Waals surface area (Å²) in [6.45, 7) is 0. The second-order valence-corrected chi connectivity index (χ2v) is 4.23. The second kappa shape index (κ2) is 4.86. The van der Waals surface area contributed by atoms with Crippen LogP contribution in [0.15, 0.2) is 36.4 Å². The van der Waals surface area contributed by atoms with Crippen molar-refractivity contribution in [3.05, 3.63) is 69.5 Å². The molecule has 0 bridgehead atoms. The van der Waals surface area contributed by atoms with E-state index >= 15 is 0 Å². The summed E-state index contributed by atoms with van der Waals surface area (Å²) < 4.78 is 12.7. The fourth-order valence-corrected chi connectivity index (χ4v) is 1.87. The lowest BCUT2D eigenvalue weighted by Crippen LogP contribution is -1.89. The first-order chi connectivity index (χ1) is 7.65. The highest BCUT2D eigenvalue weighted by Crippen LogP contribution is 2.22. The van der Waals surface area contributed by atoms with Gasteiger partial charge in [0, 0.05) is 6.07 Å². The number of halogens is 3. The van der Waals surface area contributed by atoms with Crippen molar-refractivity contribution in [2.45, 2.75) is 6.42 Å². The minimum Gasteiger partial charge on any atom is -0.207 e. The van der Waals surface area contributed by atoms with Crippen molar-refractivity contribution in [3.63, 3.8) is 0 Å². The summed E-state index contributed by atoms with van der Waals surface area (Å²) in [5.41, 5.74) is 1.93. The second-order valence-electron chi connectivity index (χ2n) is 3.45. The maximum atomic E-state index is 12.7. The molecule has 2 aromatic rings. The zero-order chi connectivity index (χ0) is 11.5. The molecule has 2 aromatic carbocycles. The minimum absolute atomic E-state index is 0.238. The highest BCUT2D eigenvalue weighted by molar-refractivity contribution is 6.34. The Bertz CT molecular complexity index is 492. The third-order valence-corrected chi connectivity index (χ3v) is 2.81. The highest BCUT2D eigenvalue weighted by Gasteiger charge is 2.03. The molecule has 0 nitrogen and oxygen atoms in total. The van der Waals surface area contributed by atoms with Crippen LogP contribution in [0.25, 0.3) is 0 Å². The van der Waals surface area contributed by atoms with E-state index in [2.05, 4.69) is 6.07 Å². The predicted molar refractivity (Wildman–Crippen MR) is 64.5 cm³/mol. The normalized spacial score (nSPS) is 10.4. The van der Waals surface area contributed by atoms with Gasteiger partial charge in [-0.15, -0.1) is 0 Å². The van der Waals surface area contributed by atoms with Gasteiger partial charge in [-0.2, -0.15) is 0 Å². The quantitative estimate of drug-likeness (QED) is 0.738. The molecule has 0 heterocycles. The smallest absolute Gasteiger partial charge is 0.123 e. The minimum atomic E-state index is -0.238. The molecule has 0 aliphatic carbocycles. The molecule has 0 saturated carbocycles. The maximum absolute atomic E-state index is 12.7. The van der Waals surface area contributed by atoms with Crippen molar-refractivity contribution in [2.75, 3.05) is 0 Å². The fraction of sp³-hybridized carbons (Fsp3) is 0.0769. The van der Waals surface area contributed by atoms with Crippen LogP contribution >= 0.6 is 23.2 Å². The number of rotatable bonds is 2. The van der Waals surface area contributed by atoms with E-state index in [9.17, 15) is 4.39 Å². The van der Waals surface area contributed by atoms with E-state index in [1.807, 2.05) is 6.07 Å². The molecular weight excluding hydrogens is 246 g/mol. The zero-order valence-electron chi connectivity index (χ0n) is 8.31. The van der Waals surface area contributed by atoms with Gasteiger partial charge in [0.25, 0.3) is 0 Å². The SMILES string of the molecule is Fc1ccc(Cc2ccc(Cl)[c]c2Cl)cc1. The Kier molecular flexibility index (Phi) is 3.47. The highest BCUT2D eigenvalue weighted by atomic mass is 35.5. The predicted octanol–water partition coefficient (Wildman–Crippen LogP) is 4.52. The number of hydrogen-bond acceptors (Lipinski definition) is 0. The summed E-state index contributed by atoms with van der Waals surface area (Å²) in [6.07, 6.45) is 0.646. The topological polar surface area (TPSA) is 0 Å². The van der Waals surface area contributed by atoms with Gasteiger partial charge in [-0.1, -0.05) is 41.4 Å². The van der Waals surface area contributed by atoms with Crippen LogP contribution in [0.3, 0.4) is 0 Å². The molecular formula is C13H8Cl2F. The molecule has 3 heteroatoms. The molecule has 1 radical (unpaired) electrons. The average molecular weight is 254 g/mol. The molecule has 0 aliphatic heterocycles. The van der Waals surface area contributed by atoms with Crippen molar-refractivity contribution in [1.29, 1.82) is 0 Å². The van der Waals surface area contributed by atoms with E-state index in [-0.39, 0.29) is 5.82 Å². The fourth-order valence-electron chi connectivity index (χ4n) is 1.43. The van der Waals surface area contributed by atoms with Crippen LogP contribution in [0.5, 0.6) is 0 Å². The van der Waals surface area contributed by atoms with Crippen LogP contribution < -0.4 is 0 Å². The van der Waals surface area contributed by atoms with E-state index in [1.54, 1.807) is 18.2 Å². The van der Waals surface area contributed by atoms with Crippen molar-refractivity contribution in [1.82, 2.24) is 0 Å². The van der Waals surface area contributed by atoms with Gasteiger partial charge in [0.1, 0.15) is 5.82 Å². The third-order valence-electron chi connectivity index (χ3n) is 2.25. The Morgan fingerprint density at radius 2 is 1.69 bits per heavy atom. The molecule has 2 rings (SSSR count). The molecule has 0 atom stereocenters. The molecule has 81 valence electrons. The molecule has 0 fully saturated rings. The van der Waals surface area contributed by atoms with Crippen molar-refractivity contribution in [3.8, 4) is 0 Å². The van der Waals surface area contributed by atoms with Crippen LogP contribution in [0.1, 0.15) is 11.1 Å². The summed E-state index contributed by atoms with van der Waals surface area (Å²) in [5.74, 6) is -0.238. The third kappa shape index (κ3) is 2.75. The van der Waals surface area contributed by atoms with Gasteiger partial charge < -0.3 is 0 Å². The lowest BCUT2D eigenvalue weighted by Gasteiger charge is -2.04. The van der Waals surface area contributed by atoms with Gasteiger partial charge >= 0.3 is 0 Å².